The molecule has 8 heteroatoms. The fourth-order valence-electron chi connectivity index (χ4n) is 1.68. The van der Waals surface area contributed by atoms with E-state index in [2.05, 4.69) is 20.5 Å². The normalized spacial score (nSPS) is 10.7. The van der Waals surface area contributed by atoms with E-state index in [-0.39, 0.29) is 5.02 Å². The van der Waals surface area contributed by atoms with E-state index in [1.807, 2.05) is 31.1 Å². The lowest BCUT2D eigenvalue weighted by atomic mass is 10.2. The van der Waals surface area contributed by atoms with Crippen molar-refractivity contribution in [2.75, 3.05) is 32.6 Å². The number of nitrogens with one attached hydrogen (secondary N) is 2. The lowest BCUT2D eigenvalue weighted by Crippen LogP contribution is -2.19. The average Bonchev–Trinajstić information content (AvgIpc) is 2.49. The van der Waals surface area contributed by atoms with Gasteiger partial charge in [0.1, 0.15) is 11.6 Å². The Kier molecular flexibility index (Phi) is 5.74. The highest BCUT2D eigenvalue weighted by Gasteiger charge is 2.05. The van der Waals surface area contributed by atoms with Crippen molar-refractivity contribution in [3.8, 4) is 5.88 Å². The summed E-state index contributed by atoms with van der Waals surface area (Å²) in [6.45, 7) is 1.87. The van der Waals surface area contributed by atoms with E-state index >= 15 is 0 Å². The summed E-state index contributed by atoms with van der Waals surface area (Å²) in [4.78, 5) is 17.6. The van der Waals surface area contributed by atoms with Crippen LogP contribution >= 0.6 is 11.6 Å². The number of likely N-dealkylation sites (N-methyl/N-ethyl adjacent to an activating group) is 1. The van der Waals surface area contributed by atoms with Gasteiger partial charge in [0.05, 0.1) is 11.9 Å². The predicted octanol–water partition coefficient (Wildman–Crippen LogP) is 1.37. The molecule has 2 rings (SSSR count). The van der Waals surface area contributed by atoms with Crippen LogP contribution in [0.1, 0.15) is 5.56 Å². The first-order valence-corrected chi connectivity index (χ1v) is 7.13. The number of ether oxygens (including phenoxy) is 1. The maximum Gasteiger partial charge on any atom is 0.285 e. The van der Waals surface area contributed by atoms with Crippen LogP contribution in [0.5, 0.6) is 5.88 Å². The smallest absolute Gasteiger partial charge is 0.285 e. The van der Waals surface area contributed by atoms with Crippen molar-refractivity contribution in [3.05, 3.63) is 45.5 Å². The van der Waals surface area contributed by atoms with Crippen LogP contribution in [0.2, 0.25) is 5.02 Å². The van der Waals surface area contributed by atoms with Crippen LogP contribution in [-0.2, 0) is 6.54 Å². The van der Waals surface area contributed by atoms with Crippen molar-refractivity contribution >= 4 is 17.3 Å². The van der Waals surface area contributed by atoms with E-state index < -0.39 is 5.56 Å². The zero-order valence-corrected chi connectivity index (χ0v) is 13.2. The molecule has 0 fully saturated rings. The molecule has 0 spiro atoms. The Hall–Kier alpha value is -2.12. The van der Waals surface area contributed by atoms with Crippen molar-refractivity contribution < 1.29 is 4.74 Å². The third-order valence-electron chi connectivity index (χ3n) is 2.87. The molecule has 0 aliphatic rings. The number of aromatic nitrogens is 3. The molecule has 0 aliphatic carbocycles. The number of nitrogens with zero attached hydrogens (tertiary/aromatic N) is 3. The summed E-state index contributed by atoms with van der Waals surface area (Å²) in [6.07, 6.45) is 3.15. The fourth-order valence-corrected chi connectivity index (χ4v) is 1.83. The highest BCUT2D eigenvalue weighted by atomic mass is 35.5. The first kappa shape index (κ1) is 16.3. The number of anilines is 1. The molecule has 2 aromatic heterocycles. The summed E-state index contributed by atoms with van der Waals surface area (Å²) in [6, 6.07) is 3.71. The molecule has 0 bridgehead atoms. The van der Waals surface area contributed by atoms with E-state index in [0.717, 1.165) is 12.1 Å². The van der Waals surface area contributed by atoms with E-state index in [0.29, 0.717) is 24.7 Å². The van der Waals surface area contributed by atoms with Gasteiger partial charge in [-0.2, -0.15) is 5.10 Å². The van der Waals surface area contributed by atoms with Crippen LogP contribution in [-0.4, -0.2) is 47.3 Å². The van der Waals surface area contributed by atoms with Crippen molar-refractivity contribution in [3.63, 3.8) is 0 Å². The number of rotatable bonds is 7. The minimum atomic E-state index is -0.422. The van der Waals surface area contributed by atoms with E-state index in [4.69, 9.17) is 16.3 Å². The number of pyridine rings is 1. The SMILES string of the molecule is CN(C)CCOc1cc(CNc2cn[nH]c(=O)c2Cl)ccn1. The molecule has 2 aromatic rings. The van der Waals surface area contributed by atoms with E-state index in [1.54, 1.807) is 6.20 Å². The zero-order valence-electron chi connectivity index (χ0n) is 12.5. The third kappa shape index (κ3) is 4.71. The van der Waals surface area contributed by atoms with Gasteiger partial charge < -0.3 is 15.0 Å². The van der Waals surface area contributed by atoms with E-state index in [1.165, 1.54) is 6.20 Å². The summed E-state index contributed by atoms with van der Waals surface area (Å²) in [7, 11) is 3.97. The molecule has 0 saturated carbocycles. The second-order valence-electron chi connectivity index (χ2n) is 4.93. The van der Waals surface area contributed by atoms with Gasteiger partial charge in [-0.05, 0) is 25.7 Å². The van der Waals surface area contributed by atoms with Crippen molar-refractivity contribution in [2.45, 2.75) is 6.54 Å². The molecule has 0 aromatic carbocycles. The van der Waals surface area contributed by atoms with Crippen LogP contribution in [0, 0.1) is 0 Å². The van der Waals surface area contributed by atoms with Crippen LogP contribution in [0.25, 0.3) is 0 Å². The van der Waals surface area contributed by atoms with Crippen molar-refractivity contribution in [1.82, 2.24) is 20.1 Å². The Morgan fingerprint density at radius 1 is 1.45 bits per heavy atom. The number of hydrogen-bond donors (Lipinski definition) is 2. The minimum absolute atomic E-state index is 0.0894. The molecule has 22 heavy (non-hydrogen) atoms. The first-order valence-electron chi connectivity index (χ1n) is 6.76. The van der Waals surface area contributed by atoms with Gasteiger partial charge in [0.15, 0.2) is 0 Å². The van der Waals surface area contributed by atoms with E-state index in [9.17, 15) is 4.79 Å². The first-order chi connectivity index (χ1) is 10.6. The second-order valence-corrected chi connectivity index (χ2v) is 5.31. The molecule has 2 N–H and O–H groups in total. The summed E-state index contributed by atoms with van der Waals surface area (Å²) in [5.74, 6) is 0.566. The zero-order chi connectivity index (χ0) is 15.9. The standard InChI is InChI=1S/C14H18ClN5O2/c1-20(2)5-6-22-12-7-10(3-4-16-12)8-17-11-9-18-19-14(21)13(11)15/h3-4,7,9H,5-6,8H2,1-2H3,(H2,17,19,21). The van der Waals surface area contributed by atoms with Gasteiger partial charge in [-0.25, -0.2) is 10.1 Å². The molecular weight excluding hydrogens is 306 g/mol. The molecule has 2 heterocycles. The molecule has 0 amide bonds. The van der Waals surface area contributed by atoms with Gasteiger partial charge >= 0.3 is 0 Å². The predicted molar refractivity (Wildman–Crippen MR) is 85.5 cm³/mol. The molecule has 7 nitrogen and oxygen atoms in total. The fraction of sp³-hybridized carbons (Fsp3) is 0.357. The van der Waals surface area contributed by atoms with Gasteiger partial charge in [-0.15, -0.1) is 0 Å². The minimum Gasteiger partial charge on any atom is -0.476 e. The highest BCUT2D eigenvalue weighted by Crippen LogP contribution is 2.16. The number of aromatic amines is 1. The summed E-state index contributed by atoms with van der Waals surface area (Å²) < 4.78 is 5.58. The summed E-state index contributed by atoms with van der Waals surface area (Å²) >= 11 is 5.90. The summed E-state index contributed by atoms with van der Waals surface area (Å²) in [5.41, 5.74) is 1.03. The second kappa shape index (κ2) is 7.77. The molecule has 118 valence electrons. The largest absolute Gasteiger partial charge is 0.476 e. The third-order valence-corrected chi connectivity index (χ3v) is 3.24. The topological polar surface area (TPSA) is 83.1 Å². The Morgan fingerprint density at radius 3 is 3.05 bits per heavy atom. The quantitative estimate of drug-likeness (QED) is 0.801. The highest BCUT2D eigenvalue weighted by molar-refractivity contribution is 6.32. The Morgan fingerprint density at radius 2 is 2.27 bits per heavy atom. The van der Waals surface area contributed by atoms with Gasteiger partial charge in [0.2, 0.25) is 5.88 Å². The van der Waals surface area contributed by atoms with Crippen molar-refractivity contribution in [2.24, 2.45) is 0 Å². The van der Waals surface area contributed by atoms with Crippen LogP contribution in [0.15, 0.2) is 29.3 Å². The Bertz CT molecular complexity index is 674. The molecule has 0 atom stereocenters. The lowest BCUT2D eigenvalue weighted by Gasteiger charge is -2.11. The lowest BCUT2D eigenvalue weighted by molar-refractivity contribution is 0.253. The molecule has 0 saturated heterocycles. The Labute approximate surface area is 133 Å². The van der Waals surface area contributed by atoms with Gasteiger partial charge in [0.25, 0.3) is 5.56 Å². The molecule has 0 radical (unpaired) electrons. The van der Waals surface area contributed by atoms with Gasteiger partial charge in [-0.3, -0.25) is 4.79 Å². The van der Waals surface area contributed by atoms with Gasteiger partial charge in [0, 0.05) is 25.4 Å². The molecular formula is C14H18ClN5O2. The number of H-pyrrole nitrogens is 1. The van der Waals surface area contributed by atoms with Crippen LogP contribution in [0.4, 0.5) is 5.69 Å². The maximum atomic E-state index is 11.4. The van der Waals surface area contributed by atoms with Crippen molar-refractivity contribution in [1.29, 1.82) is 0 Å². The maximum absolute atomic E-state index is 11.4. The van der Waals surface area contributed by atoms with Crippen LogP contribution in [0.3, 0.4) is 0 Å². The van der Waals surface area contributed by atoms with Crippen LogP contribution < -0.4 is 15.6 Å². The summed E-state index contributed by atoms with van der Waals surface area (Å²) in [5, 5.41) is 9.13. The average molecular weight is 324 g/mol. The molecule has 0 aliphatic heterocycles. The molecule has 0 unspecified atom stereocenters. The monoisotopic (exact) mass is 323 g/mol. The number of hydrogen-bond acceptors (Lipinski definition) is 6. The Balaban J connectivity index is 1.95. The van der Waals surface area contributed by atoms with Gasteiger partial charge in [-0.1, -0.05) is 11.6 Å². The number of halogens is 1.